The molecule has 1 N–H and O–H groups in total. The number of aliphatic hydroxyl groups is 1. The lowest BCUT2D eigenvalue weighted by Crippen LogP contribution is -2.45. The molecule has 0 fully saturated rings. The van der Waals surface area contributed by atoms with E-state index in [4.69, 9.17) is 4.74 Å². The summed E-state index contributed by atoms with van der Waals surface area (Å²) in [6.07, 6.45) is -0.799. The molecule has 0 saturated carbocycles. The van der Waals surface area contributed by atoms with E-state index in [1.54, 1.807) is 75.4 Å². The Hall–Kier alpha value is -2.66. The highest BCUT2D eigenvalue weighted by Gasteiger charge is 2.53. The number of fused-ring (bicyclic) bond motifs is 1. The van der Waals surface area contributed by atoms with Gasteiger partial charge in [0.05, 0.1) is 5.69 Å². The van der Waals surface area contributed by atoms with Crippen LogP contribution >= 0.6 is 0 Å². The van der Waals surface area contributed by atoms with Crippen LogP contribution in [0.25, 0.3) is 0 Å². The second-order valence-electron chi connectivity index (χ2n) is 6.71. The second kappa shape index (κ2) is 5.46. The van der Waals surface area contributed by atoms with E-state index in [1.165, 1.54) is 0 Å². The minimum absolute atomic E-state index is 0.336. The number of para-hydroxylation sites is 1. The Morgan fingerprint density at radius 2 is 1.62 bits per heavy atom. The molecular formula is C19H19NO4. The molecule has 1 unspecified atom stereocenters. The van der Waals surface area contributed by atoms with Crippen molar-refractivity contribution in [3.63, 3.8) is 0 Å². The summed E-state index contributed by atoms with van der Waals surface area (Å²) in [5.74, 6) is -0.732. The average molecular weight is 325 g/mol. The van der Waals surface area contributed by atoms with Crippen LogP contribution in [-0.2, 0) is 15.1 Å². The number of carbonyl (C=O) groups is 2. The summed E-state index contributed by atoms with van der Waals surface area (Å²) in [6.45, 7) is 5.17. The number of imide groups is 1. The lowest BCUT2D eigenvalue weighted by molar-refractivity contribution is -0.131. The van der Waals surface area contributed by atoms with Crippen molar-refractivity contribution in [2.45, 2.75) is 32.0 Å². The molecule has 5 heteroatoms. The van der Waals surface area contributed by atoms with Gasteiger partial charge >= 0.3 is 6.09 Å². The Kier molecular flexibility index (Phi) is 3.68. The number of rotatable bonds is 1. The van der Waals surface area contributed by atoms with Crippen molar-refractivity contribution in [1.29, 1.82) is 0 Å². The van der Waals surface area contributed by atoms with Crippen LogP contribution in [-0.4, -0.2) is 22.7 Å². The molecule has 1 aliphatic heterocycles. The van der Waals surface area contributed by atoms with E-state index in [9.17, 15) is 14.7 Å². The van der Waals surface area contributed by atoms with Gasteiger partial charge in [0.2, 0.25) is 0 Å². The number of nitrogens with zero attached hydrogens (tertiary/aromatic N) is 1. The Balaban J connectivity index is 2.13. The third-order valence-electron chi connectivity index (χ3n) is 3.81. The van der Waals surface area contributed by atoms with Gasteiger partial charge < -0.3 is 9.84 Å². The largest absolute Gasteiger partial charge is 0.443 e. The first-order chi connectivity index (χ1) is 11.2. The van der Waals surface area contributed by atoms with Crippen molar-refractivity contribution in [3.8, 4) is 0 Å². The van der Waals surface area contributed by atoms with Crippen molar-refractivity contribution in [3.05, 3.63) is 65.7 Å². The first-order valence-corrected chi connectivity index (χ1v) is 7.70. The molecule has 124 valence electrons. The zero-order valence-corrected chi connectivity index (χ0v) is 13.8. The molecule has 0 radical (unpaired) electrons. The van der Waals surface area contributed by atoms with E-state index in [2.05, 4.69) is 0 Å². The summed E-state index contributed by atoms with van der Waals surface area (Å²) in [5, 5.41) is 11.2. The topological polar surface area (TPSA) is 66.8 Å². The van der Waals surface area contributed by atoms with Crippen LogP contribution in [0, 0.1) is 0 Å². The summed E-state index contributed by atoms with van der Waals surface area (Å²) in [4.78, 5) is 26.4. The van der Waals surface area contributed by atoms with Gasteiger partial charge in [0.15, 0.2) is 5.60 Å². The van der Waals surface area contributed by atoms with Crippen LogP contribution in [0.5, 0.6) is 0 Å². The predicted molar refractivity (Wildman–Crippen MR) is 89.6 cm³/mol. The quantitative estimate of drug-likeness (QED) is 0.874. The van der Waals surface area contributed by atoms with Gasteiger partial charge in [-0.05, 0) is 32.4 Å². The van der Waals surface area contributed by atoms with E-state index in [0.717, 1.165) is 4.90 Å². The van der Waals surface area contributed by atoms with E-state index < -0.39 is 23.2 Å². The Morgan fingerprint density at radius 1 is 1.04 bits per heavy atom. The lowest BCUT2D eigenvalue weighted by Gasteiger charge is -2.25. The molecule has 24 heavy (non-hydrogen) atoms. The maximum atomic E-state index is 13.0. The van der Waals surface area contributed by atoms with Gasteiger partial charge in [0.25, 0.3) is 5.91 Å². The monoisotopic (exact) mass is 325 g/mol. The molecule has 3 rings (SSSR count). The summed E-state index contributed by atoms with van der Waals surface area (Å²) in [5.41, 5.74) is -1.54. The maximum Gasteiger partial charge on any atom is 0.421 e. The van der Waals surface area contributed by atoms with Gasteiger partial charge in [-0.15, -0.1) is 0 Å². The number of amides is 2. The molecule has 2 amide bonds. The molecule has 0 saturated heterocycles. The van der Waals surface area contributed by atoms with Crippen molar-refractivity contribution >= 4 is 17.7 Å². The average Bonchev–Trinajstić information content (AvgIpc) is 2.76. The van der Waals surface area contributed by atoms with Gasteiger partial charge in [-0.2, -0.15) is 0 Å². The highest BCUT2D eigenvalue weighted by atomic mass is 16.6. The van der Waals surface area contributed by atoms with E-state index >= 15 is 0 Å². The van der Waals surface area contributed by atoms with Crippen molar-refractivity contribution in [2.75, 3.05) is 4.90 Å². The molecule has 0 aromatic heterocycles. The number of carbonyl (C=O) groups excluding carboxylic acids is 2. The maximum absolute atomic E-state index is 13.0. The fourth-order valence-corrected chi connectivity index (χ4v) is 2.81. The van der Waals surface area contributed by atoms with Gasteiger partial charge in [0, 0.05) is 5.56 Å². The second-order valence-corrected chi connectivity index (χ2v) is 6.71. The summed E-state index contributed by atoms with van der Waals surface area (Å²) >= 11 is 0. The molecule has 5 nitrogen and oxygen atoms in total. The molecule has 1 atom stereocenters. The third-order valence-corrected chi connectivity index (χ3v) is 3.81. The van der Waals surface area contributed by atoms with Gasteiger partial charge in [0.1, 0.15) is 5.60 Å². The summed E-state index contributed by atoms with van der Waals surface area (Å²) in [7, 11) is 0. The number of benzene rings is 2. The summed E-state index contributed by atoms with van der Waals surface area (Å²) in [6, 6.07) is 15.3. The van der Waals surface area contributed by atoms with Gasteiger partial charge in [-0.3, -0.25) is 4.79 Å². The smallest absolute Gasteiger partial charge is 0.421 e. The first-order valence-electron chi connectivity index (χ1n) is 7.70. The standard InChI is InChI=1S/C19H19NO4/c1-18(2,3)24-17(22)20-15-12-8-7-11-14(15)19(23,16(20)21)13-9-5-4-6-10-13/h4-12,23H,1-3H3. The Bertz CT molecular complexity index is 795. The number of hydrogen-bond donors (Lipinski definition) is 1. The predicted octanol–water partition coefficient (Wildman–Crippen LogP) is 3.20. The molecule has 0 spiro atoms. The highest BCUT2D eigenvalue weighted by molar-refractivity contribution is 6.21. The van der Waals surface area contributed by atoms with Gasteiger partial charge in [-0.1, -0.05) is 48.5 Å². The molecular weight excluding hydrogens is 306 g/mol. The third kappa shape index (κ3) is 2.47. The highest BCUT2D eigenvalue weighted by Crippen LogP contribution is 2.44. The van der Waals surface area contributed by atoms with Gasteiger partial charge in [-0.25, -0.2) is 9.69 Å². The van der Waals surface area contributed by atoms with Crippen molar-refractivity contribution in [1.82, 2.24) is 0 Å². The molecule has 0 bridgehead atoms. The van der Waals surface area contributed by atoms with Crippen LogP contribution < -0.4 is 4.90 Å². The lowest BCUT2D eigenvalue weighted by atomic mass is 9.88. The number of ether oxygens (including phenoxy) is 1. The minimum atomic E-state index is -1.91. The molecule has 0 aliphatic carbocycles. The number of anilines is 1. The fraction of sp³-hybridized carbons (Fsp3) is 0.263. The Labute approximate surface area is 140 Å². The van der Waals surface area contributed by atoms with E-state index in [1.807, 2.05) is 0 Å². The fourth-order valence-electron chi connectivity index (χ4n) is 2.81. The molecule has 1 heterocycles. The zero-order valence-electron chi connectivity index (χ0n) is 13.8. The van der Waals surface area contributed by atoms with Crippen molar-refractivity contribution in [2.24, 2.45) is 0 Å². The number of hydrogen-bond acceptors (Lipinski definition) is 4. The molecule has 2 aromatic carbocycles. The molecule has 1 aliphatic rings. The molecule has 2 aromatic rings. The van der Waals surface area contributed by atoms with E-state index in [0.29, 0.717) is 16.8 Å². The Morgan fingerprint density at radius 3 is 2.25 bits per heavy atom. The summed E-state index contributed by atoms with van der Waals surface area (Å²) < 4.78 is 5.33. The first kappa shape index (κ1) is 16.2. The normalized spacial score (nSPS) is 20.0. The SMILES string of the molecule is CC(C)(C)OC(=O)N1C(=O)C(O)(c2ccccc2)c2ccccc21. The zero-order chi connectivity index (χ0) is 17.5. The van der Waals surface area contributed by atoms with Crippen LogP contribution in [0.2, 0.25) is 0 Å². The van der Waals surface area contributed by atoms with Crippen LogP contribution in [0.4, 0.5) is 10.5 Å². The minimum Gasteiger partial charge on any atom is -0.443 e. The van der Waals surface area contributed by atoms with Crippen LogP contribution in [0.15, 0.2) is 54.6 Å². The van der Waals surface area contributed by atoms with Crippen LogP contribution in [0.3, 0.4) is 0 Å². The van der Waals surface area contributed by atoms with Crippen molar-refractivity contribution < 1.29 is 19.4 Å². The van der Waals surface area contributed by atoms with E-state index in [-0.39, 0.29) is 0 Å². The van der Waals surface area contributed by atoms with Crippen LogP contribution in [0.1, 0.15) is 31.9 Å².